The van der Waals surface area contributed by atoms with Crippen LogP contribution in [0.5, 0.6) is 0 Å². The van der Waals surface area contributed by atoms with Gasteiger partial charge in [-0.25, -0.2) is 18.1 Å². The standard InChI is InChI=1S/C16H22N2O2S2/c1-10-11(2)13(4)16(14(5)12(10)3)22(19,20)18-7-6-15-17-8-9-21-15/h8-9,18H,6-7H2,1-5H3. The Balaban J connectivity index is 2.30. The van der Waals surface area contributed by atoms with Gasteiger partial charge in [0.2, 0.25) is 10.0 Å². The first-order chi connectivity index (χ1) is 10.3. The highest BCUT2D eigenvalue weighted by atomic mass is 32.2. The zero-order valence-electron chi connectivity index (χ0n) is 13.6. The van der Waals surface area contributed by atoms with Crippen LogP contribution in [0.4, 0.5) is 0 Å². The highest BCUT2D eigenvalue weighted by Gasteiger charge is 2.23. The summed E-state index contributed by atoms with van der Waals surface area (Å²) >= 11 is 1.54. The molecule has 4 nitrogen and oxygen atoms in total. The van der Waals surface area contributed by atoms with Crippen LogP contribution in [-0.4, -0.2) is 19.9 Å². The lowest BCUT2D eigenvalue weighted by Gasteiger charge is -2.19. The maximum Gasteiger partial charge on any atom is 0.241 e. The zero-order valence-corrected chi connectivity index (χ0v) is 15.3. The first-order valence-electron chi connectivity index (χ1n) is 7.20. The molecule has 0 spiro atoms. The maximum absolute atomic E-state index is 12.7. The predicted octanol–water partition coefficient (Wildman–Crippen LogP) is 3.21. The smallest absolute Gasteiger partial charge is 0.241 e. The lowest BCUT2D eigenvalue weighted by Crippen LogP contribution is -2.28. The quantitative estimate of drug-likeness (QED) is 0.911. The molecule has 1 heterocycles. The number of hydrogen-bond donors (Lipinski definition) is 1. The van der Waals surface area contributed by atoms with E-state index in [2.05, 4.69) is 9.71 Å². The molecule has 2 aromatic rings. The fraction of sp³-hybridized carbons (Fsp3) is 0.438. The topological polar surface area (TPSA) is 59.1 Å². The number of aromatic nitrogens is 1. The molecule has 1 N–H and O–H groups in total. The average Bonchev–Trinajstić information content (AvgIpc) is 2.96. The summed E-state index contributed by atoms with van der Waals surface area (Å²) in [6.07, 6.45) is 2.34. The van der Waals surface area contributed by atoms with Crippen molar-refractivity contribution in [1.29, 1.82) is 0 Å². The molecule has 2 rings (SSSR count). The van der Waals surface area contributed by atoms with Gasteiger partial charge in [-0.1, -0.05) is 0 Å². The minimum absolute atomic E-state index is 0.362. The number of hydrogen-bond acceptors (Lipinski definition) is 4. The second kappa shape index (κ2) is 6.48. The Morgan fingerprint density at radius 1 is 1.00 bits per heavy atom. The van der Waals surface area contributed by atoms with Crippen LogP contribution < -0.4 is 4.72 Å². The van der Waals surface area contributed by atoms with Crippen molar-refractivity contribution in [2.75, 3.05) is 6.54 Å². The third-order valence-electron chi connectivity index (χ3n) is 4.31. The van der Waals surface area contributed by atoms with E-state index in [9.17, 15) is 8.42 Å². The van der Waals surface area contributed by atoms with E-state index < -0.39 is 10.0 Å². The van der Waals surface area contributed by atoms with Crippen LogP contribution in [0.3, 0.4) is 0 Å². The molecular formula is C16H22N2O2S2. The molecule has 0 unspecified atom stereocenters. The molecule has 0 aliphatic heterocycles. The summed E-state index contributed by atoms with van der Waals surface area (Å²) in [4.78, 5) is 4.59. The van der Waals surface area contributed by atoms with Crippen LogP contribution in [0.25, 0.3) is 0 Å². The van der Waals surface area contributed by atoms with Crippen molar-refractivity contribution in [2.24, 2.45) is 0 Å². The Morgan fingerprint density at radius 2 is 1.55 bits per heavy atom. The van der Waals surface area contributed by atoms with Gasteiger partial charge in [0.25, 0.3) is 0 Å². The number of thiazole rings is 1. The van der Waals surface area contributed by atoms with E-state index >= 15 is 0 Å². The average molecular weight is 338 g/mol. The molecule has 0 aliphatic carbocycles. The molecule has 0 fully saturated rings. The molecule has 0 atom stereocenters. The van der Waals surface area contributed by atoms with Crippen molar-refractivity contribution in [3.8, 4) is 0 Å². The Hall–Kier alpha value is -1.24. The van der Waals surface area contributed by atoms with Gasteiger partial charge >= 0.3 is 0 Å². The van der Waals surface area contributed by atoms with Crippen molar-refractivity contribution in [2.45, 2.75) is 45.9 Å². The van der Waals surface area contributed by atoms with Gasteiger partial charge in [-0.2, -0.15) is 0 Å². The number of nitrogens with zero attached hydrogens (tertiary/aromatic N) is 1. The molecule has 0 saturated carbocycles. The fourth-order valence-electron chi connectivity index (χ4n) is 2.61. The normalized spacial score (nSPS) is 11.9. The Morgan fingerprint density at radius 3 is 2.05 bits per heavy atom. The minimum Gasteiger partial charge on any atom is -0.250 e. The molecular weight excluding hydrogens is 316 g/mol. The van der Waals surface area contributed by atoms with E-state index in [0.29, 0.717) is 17.9 Å². The second-order valence-electron chi connectivity index (χ2n) is 5.53. The maximum atomic E-state index is 12.7. The molecule has 0 radical (unpaired) electrons. The van der Waals surface area contributed by atoms with Gasteiger partial charge in [0.1, 0.15) is 0 Å². The fourth-order valence-corrected chi connectivity index (χ4v) is 4.86. The van der Waals surface area contributed by atoms with Crippen LogP contribution in [0.2, 0.25) is 0 Å². The summed E-state index contributed by atoms with van der Waals surface area (Å²) < 4.78 is 28.1. The van der Waals surface area contributed by atoms with E-state index in [1.165, 1.54) is 11.3 Å². The monoisotopic (exact) mass is 338 g/mol. The molecule has 22 heavy (non-hydrogen) atoms. The number of nitrogens with one attached hydrogen (secondary N) is 1. The van der Waals surface area contributed by atoms with E-state index in [1.807, 2.05) is 40.0 Å². The van der Waals surface area contributed by atoms with Gasteiger partial charge in [0.05, 0.1) is 9.90 Å². The molecule has 0 bridgehead atoms. The number of sulfonamides is 1. The summed E-state index contributed by atoms with van der Waals surface area (Å²) in [5.41, 5.74) is 4.92. The van der Waals surface area contributed by atoms with Gasteiger partial charge in [-0.05, 0) is 62.4 Å². The molecule has 0 aliphatic rings. The number of rotatable bonds is 5. The highest BCUT2D eigenvalue weighted by molar-refractivity contribution is 7.89. The third kappa shape index (κ3) is 3.24. The lowest BCUT2D eigenvalue weighted by molar-refractivity contribution is 0.580. The minimum atomic E-state index is -3.51. The second-order valence-corrected chi connectivity index (χ2v) is 8.21. The van der Waals surface area contributed by atoms with Crippen LogP contribution in [0, 0.1) is 34.6 Å². The summed E-state index contributed by atoms with van der Waals surface area (Å²) in [7, 11) is -3.51. The van der Waals surface area contributed by atoms with Crippen molar-refractivity contribution in [1.82, 2.24) is 9.71 Å². The Bertz CT molecular complexity index is 750. The lowest BCUT2D eigenvalue weighted by atomic mass is 9.95. The first kappa shape index (κ1) is 17.1. The summed E-state index contributed by atoms with van der Waals surface area (Å²) in [6, 6.07) is 0. The summed E-state index contributed by atoms with van der Waals surface area (Å²) in [5, 5.41) is 2.83. The molecule has 120 valence electrons. The first-order valence-corrected chi connectivity index (χ1v) is 9.57. The van der Waals surface area contributed by atoms with Gasteiger partial charge in [-0.3, -0.25) is 0 Å². The van der Waals surface area contributed by atoms with Gasteiger partial charge in [-0.15, -0.1) is 11.3 Å². The van der Waals surface area contributed by atoms with Gasteiger partial charge < -0.3 is 0 Å². The third-order valence-corrected chi connectivity index (χ3v) is 6.89. The highest BCUT2D eigenvalue weighted by Crippen LogP contribution is 2.29. The molecule has 6 heteroatoms. The Labute approximate surface area is 136 Å². The summed E-state index contributed by atoms with van der Waals surface area (Å²) in [6.45, 7) is 10.1. The Kier molecular flexibility index (Phi) is 5.04. The van der Waals surface area contributed by atoms with Crippen LogP contribution in [0.15, 0.2) is 16.5 Å². The van der Waals surface area contributed by atoms with Crippen LogP contribution in [-0.2, 0) is 16.4 Å². The van der Waals surface area contributed by atoms with Crippen LogP contribution in [0.1, 0.15) is 32.8 Å². The van der Waals surface area contributed by atoms with E-state index in [0.717, 1.165) is 32.8 Å². The molecule has 1 aromatic heterocycles. The SMILES string of the molecule is Cc1c(C)c(C)c(S(=O)(=O)NCCc2nccs2)c(C)c1C. The van der Waals surface area contributed by atoms with Crippen molar-refractivity contribution < 1.29 is 8.42 Å². The summed E-state index contributed by atoms with van der Waals surface area (Å²) in [5.74, 6) is 0. The molecule has 1 aromatic carbocycles. The van der Waals surface area contributed by atoms with E-state index in [-0.39, 0.29) is 0 Å². The number of benzene rings is 1. The van der Waals surface area contributed by atoms with Gasteiger partial charge in [0.15, 0.2) is 0 Å². The van der Waals surface area contributed by atoms with Gasteiger partial charge in [0, 0.05) is 24.5 Å². The van der Waals surface area contributed by atoms with Crippen molar-refractivity contribution in [3.63, 3.8) is 0 Å². The largest absolute Gasteiger partial charge is 0.250 e. The van der Waals surface area contributed by atoms with Crippen molar-refractivity contribution in [3.05, 3.63) is 44.4 Å². The van der Waals surface area contributed by atoms with E-state index in [4.69, 9.17) is 0 Å². The molecule has 0 amide bonds. The van der Waals surface area contributed by atoms with E-state index in [1.54, 1.807) is 6.20 Å². The van der Waals surface area contributed by atoms with Crippen LogP contribution >= 0.6 is 11.3 Å². The zero-order chi connectivity index (χ0) is 16.5. The predicted molar refractivity (Wildman–Crippen MR) is 91.1 cm³/mol. The van der Waals surface area contributed by atoms with Crippen molar-refractivity contribution >= 4 is 21.4 Å². The molecule has 0 saturated heterocycles.